The number of aromatic nitrogens is 5. The van der Waals surface area contributed by atoms with E-state index in [1.807, 2.05) is 6.92 Å². The molecule has 8 heteroatoms. The van der Waals surface area contributed by atoms with E-state index in [0.29, 0.717) is 43.7 Å². The van der Waals surface area contributed by atoms with Crippen LogP contribution in [-0.4, -0.2) is 38.3 Å². The van der Waals surface area contributed by atoms with Gasteiger partial charge in [-0.05, 0) is 6.92 Å². The van der Waals surface area contributed by atoms with Gasteiger partial charge in [0.2, 0.25) is 0 Å². The van der Waals surface area contributed by atoms with E-state index in [-0.39, 0.29) is 0 Å². The van der Waals surface area contributed by atoms with Crippen LogP contribution in [0, 0.1) is 0 Å². The Morgan fingerprint density at radius 1 is 1.53 bits per heavy atom. The minimum absolute atomic E-state index is 0.330. The summed E-state index contributed by atoms with van der Waals surface area (Å²) < 4.78 is 11.8. The Bertz CT molecular complexity index is 466. The van der Waals surface area contributed by atoms with Gasteiger partial charge in [-0.3, -0.25) is 4.68 Å². The quantitative estimate of drug-likeness (QED) is 0.744. The average Bonchev–Trinajstić information content (AvgIpc) is 2.95. The van der Waals surface area contributed by atoms with Gasteiger partial charge in [-0.25, -0.2) is 0 Å². The third-order valence-electron chi connectivity index (χ3n) is 2.02. The minimum atomic E-state index is 0.330. The third kappa shape index (κ3) is 2.86. The fourth-order valence-electron chi connectivity index (χ4n) is 1.25. The van der Waals surface area contributed by atoms with Gasteiger partial charge in [-0.15, -0.1) is 5.10 Å². The molecule has 0 aliphatic carbocycles. The topological polar surface area (TPSA) is 105 Å². The number of ether oxygens (including phenoxy) is 1. The molecule has 0 spiro atoms. The number of hydrogen-bond donors (Lipinski definition) is 1. The van der Waals surface area contributed by atoms with Gasteiger partial charge in [-0.1, -0.05) is 10.4 Å². The van der Waals surface area contributed by atoms with E-state index in [4.69, 9.17) is 15.0 Å². The van der Waals surface area contributed by atoms with Crippen LogP contribution in [0.1, 0.15) is 12.7 Å². The van der Waals surface area contributed by atoms with Crippen LogP contribution in [0.2, 0.25) is 0 Å². The Morgan fingerprint density at radius 2 is 2.41 bits per heavy atom. The molecule has 92 valence electrons. The molecule has 2 N–H and O–H groups in total. The van der Waals surface area contributed by atoms with Crippen LogP contribution in [0.3, 0.4) is 0 Å². The molecular weight excluding hydrogens is 224 g/mol. The van der Waals surface area contributed by atoms with Crippen molar-refractivity contribution in [1.82, 2.24) is 25.1 Å². The van der Waals surface area contributed by atoms with Crippen LogP contribution in [0.15, 0.2) is 10.7 Å². The highest BCUT2D eigenvalue weighted by Gasteiger charge is 2.12. The predicted molar refractivity (Wildman–Crippen MR) is 57.7 cm³/mol. The van der Waals surface area contributed by atoms with Crippen molar-refractivity contribution in [3.05, 3.63) is 12.0 Å². The van der Waals surface area contributed by atoms with Crippen molar-refractivity contribution >= 4 is 0 Å². The van der Waals surface area contributed by atoms with Crippen LogP contribution < -0.4 is 5.73 Å². The molecule has 0 aliphatic heterocycles. The summed E-state index contributed by atoms with van der Waals surface area (Å²) in [5, 5.41) is 11.6. The molecule has 0 bridgehead atoms. The maximum absolute atomic E-state index is 5.41. The van der Waals surface area contributed by atoms with Crippen molar-refractivity contribution in [2.24, 2.45) is 5.73 Å². The molecule has 2 aromatic heterocycles. The van der Waals surface area contributed by atoms with Crippen molar-refractivity contribution in [2.45, 2.75) is 20.1 Å². The molecule has 0 unspecified atom stereocenters. The molecule has 0 saturated heterocycles. The second-order valence-electron chi connectivity index (χ2n) is 3.31. The molecule has 0 saturated carbocycles. The van der Waals surface area contributed by atoms with Gasteiger partial charge in [0.15, 0.2) is 11.5 Å². The van der Waals surface area contributed by atoms with Gasteiger partial charge in [0.1, 0.15) is 6.61 Å². The van der Waals surface area contributed by atoms with E-state index in [1.165, 1.54) is 0 Å². The Morgan fingerprint density at radius 3 is 3.18 bits per heavy atom. The molecule has 0 amide bonds. The lowest BCUT2D eigenvalue weighted by Crippen LogP contribution is -2.10. The van der Waals surface area contributed by atoms with Crippen LogP contribution in [0.25, 0.3) is 11.6 Å². The fourth-order valence-corrected chi connectivity index (χ4v) is 1.25. The molecule has 0 aliphatic rings. The van der Waals surface area contributed by atoms with Crippen LogP contribution in [0.4, 0.5) is 0 Å². The summed E-state index contributed by atoms with van der Waals surface area (Å²) in [5.41, 5.74) is 5.95. The van der Waals surface area contributed by atoms with Gasteiger partial charge in [0.25, 0.3) is 5.89 Å². The van der Waals surface area contributed by atoms with E-state index < -0.39 is 0 Å². The van der Waals surface area contributed by atoms with Crippen molar-refractivity contribution in [2.75, 3.05) is 13.2 Å². The summed E-state index contributed by atoms with van der Waals surface area (Å²) in [5.74, 6) is 0.832. The lowest BCUT2D eigenvalue weighted by atomic mass is 10.5. The lowest BCUT2D eigenvalue weighted by Gasteiger charge is -1.92. The predicted octanol–water partition coefficient (Wildman–Crippen LogP) is -0.177. The summed E-state index contributed by atoms with van der Waals surface area (Å²) in [7, 11) is 0. The van der Waals surface area contributed by atoms with Crippen LogP contribution in [0.5, 0.6) is 0 Å². The molecule has 2 heterocycles. The molecular formula is C9H14N6O2. The fraction of sp³-hybridized carbons (Fsp3) is 0.556. The second kappa shape index (κ2) is 5.51. The van der Waals surface area contributed by atoms with Crippen molar-refractivity contribution in [3.63, 3.8) is 0 Å². The molecule has 0 aromatic carbocycles. The van der Waals surface area contributed by atoms with Gasteiger partial charge in [0, 0.05) is 13.2 Å². The molecule has 0 fully saturated rings. The zero-order chi connectivity index (χ0) is 12.1. The summed E-state index contributed by atoms with van der Waals surface area (Å²) in [4.78, 5) is 4.14. The SMILES string of the molecule is CCOCc1noc(-c2cn(CCN)nn2)n1. The average molecular weight is 238 g/mol. The van der Waals surface area contributed by atoms with Crippen LogP contribution in [-0.2, 0) is 17.9 Å². The first-order chi connectivity index (χ1) is 8.33. The largest absolute Gasteiger partial charge is 0.374 e. The number of rotatable bonds is 6. The first-order valence-corrected chi connectivity index (χ1v) is 5.34. The summed E-state index contributed by atoms with van der Waals surface area (Å²) in [6.07, 6.45) is 1.71. The third-order valence-corrected chi connectivity index (χ3v) is 2.02. The smallest absolute Gasteiger partial charge is 0.280 e. The van der Waals surface area contributed by atoms with E-state index in [1.54, 1.807) is 10.9 Å². The maximum atomic E-state index is 5.41. The molecule has 2 rings (SSSR count). The molecule has 0 radical (unpaired) electrons. The first kappa shape index (κ1) is 11.7. The van der Waals surface area contributed by atoms with E-state index in [2.05, 4.69) is 20.5 Å². The van der Waals surface area contributed by atoms with Crippen LogP contribution >= 0.6 is 0 Å². The van der Waals surface area contributed by atoms with Gasteiger partial charge >= 0.3 is 0 Å². The summed E-state index contributed by atoms with van der Waals surface area (Å²) >= 11 is 0. The van der Waals surface area contributed by atoms with E-state index in [9.17, 15) is 0 Å². The van der Waals surface area contributed by atoms with Crippen molar-refractivity contribution in [3.8, 4) is 11.6 Å². The highest BCUT2D eigenvalue weighted by molar-refractivity contribution is 5.43. The number of nitrogens with two attached hydrogens (primary N) is 1. The normalized spacial score (nSPS) is 10.9. The Balaban J connectivity index is 2.07. The first-order valence-electron chi connectivity index (χ1n) is 5.34. The standard InChI is InChI=1S/C9H14N6O2/c1-2-16-6-8-11-9(17-13-8)7-5-15(4-3-10)14-12-7/h5H,2-4,6,10H2,1H3. The highest BCUT2D eigenvalue weighted by Crippen LogP contribution is 2.13. The molecule has 2 aromatic rings. The van der Waals surface area contributed by atoms with E-state index >= 15 is 0 Å². The molecule has 8 nitrogen and oxygen atoms in total. The zero-order valence-electron chi connectivity index (χ0n) is 9.54. The minimum Gasteiger partial charge on any atom is -0.374 e. The monoisotopic (exact) mass is 238 g/mol. The Labute approximate surface area is 97.7 Å². The molecule has 17 heavy (non-hydrogen) atoms. The number of hydrogen-bond acceptors (Lipinski definition) is 7. The van der Waals surface area contributed by atoms with Gasteiger partial charge in [-0.2, -0.15) is 4.98 Å². The number of nitrogens with zero attached hydrogens (tertiary/aromatic N) is 5. The van der Waals surface area contributed by atoms with Gasteiger partial charge in [0.05, 0.1) is 12.7 Å². The van der Waals surface area contributed by atoms with E-state index in [0.717, 1.165) is 0 Å². The Hall–Kier alpha value is -1.80. The molecule has 0 atom stereocenters. The second-order valence-corrected chi connectivity index (χ2v) is 3.31. The highest BCUT2D eigenvalue weighted by atomic mass is 16.5. The van der Waals surface area contributed by atoms with Crippen molar-refractivity contribution in [1.29, 1.82) is 0 Å². The van der Waals surface area contributed by atoms with Gasteiger partial charge < -0.3 is 15.0 Å². The maximum Gasteiger partial charge on any atom is 0.280 e. The lowest BCUT2D eigenvalue weighted by molar-refractivity contribution is 0.126. The zero-order valence-corrected chi connectivity index (χ0v) is 9.54. The Kier molecular flexibility index (Phi) is 3.78. The summed E-state index contributed by atoms with van der Waals surface area (Å²) in [6, 6.07) is 0. The van der Waals surface area contributed by atoms with Crippen molar-refractivity contribution < 1.29 is 9.26 Å². The summed E-state index contributed by atoms with van der Waals surface area (Å²) in [6.45, 7) is 3.95.